The molecule has 1 aliphatic heterocycles. The molecule has 0 aliphatic carbocycles. The number of benzene rings is 1. The van der Waals surface area contributed by atoms with Crippen LogP contribution in [0.2, 0.25) is 0 Å². The number of rotatable bonds is 5. The van der Waals surface area contributed by atoms with Crippen LogP contribution in [0.25, 0.3) is 10.1 Å². The molecule has 1 aromatic heterocycles. The van der Waals surface area contributed by atoms with Crippen LogP contribution in [0.1, 0.15) is 16.6 Å². The predicted octanol–water partition coefficient (Wildman–Crippen LogP) is 2.19. The second-order valence-corrected chi connectivity index (χ2v) is 6.29. The van der Waals surface area contributed by atoms with Gasteiger partial charge in [0.05, 0.1) is 24.4 Å². The number of hydrogen-bond acceptors (Lipinski definition) is 6. The quantitative estimate of drug-likeness (QED) is 0.797. The Balaban J connectivity index is 1.74. The molecule has 2 heterocycles. The van der Waals surface area contributed by atoms with E-state index in [2.05, 4.69) is 10.6 Å². The number of urea groups is 1. The monoisotopic (exact) mass is 360 g/mol. The van der Waals surface area contributed by atoms with Crippen LogP contribution in [0.15, 0.2) is 41.6 Å². The number of ether oxygens (including phenoxy) is 2. The first-order valence-electron chi connectivity index (χ1n) is 7.68. The Morgan fingerprint density at radius 3 is 2.76 bits per heavy atom. The lowest BCUT2D eigenvalue weighted by Crippen LogP contribution is -2.45. The summed E-state index contributed by atoms with van der Waals surface area (Å²) in [6.07, 6.45) is 0. The highest BCUT2D eigenvalue weighted by Gasteiger charge is 2.25. The van der Waals surface area contributed by atoms with Gasteiger partial charge in [-0.2, -0.15) is 0 Å². The van der Waals surface area contributed by atoms with Gasteiger partial charge in [0, 0.05) is 4.70 Å². The van der Waals surface area contributed by atoms with Gasteiger partial charge >= 0.3 is 18.0 Å². The topological polar surface area (TPSA) is 93.7 Å². The van der Waals surface area contributed by atoms with E-state index in [0.29, 0.717) is 4.88 Å². The molecule has 0 unspecified atom stereocenters. The van der Waals surface area contributed by atoms with E-state index in [9.17, 15) is 14.4 Å². The number of hydrogen-bond donors (Lipinski definition) is 2. The molecular formula is C17H16N2O5S. The SMILES string of the molecule is CCOC(=O)C1=C(COC(=O)c2cc3ccccc3s2)NC(=O)NC1. The van der Waals surface area contributed by atoms with Crippen LogP contribution in [-0.2, 0) is 14.3 Å². The molecular weight excluding hydrogens is 344 g/mol. The van der Waals surface area contributed by atoms with Crippen LogP contribution in [0.3, 0.4) is 0 Å². The number of esters is 2. The van der Waals surface area contributed by atoms with Gasteiger partial charge in [-0.1, -0.05) is 18.2 Å². The molecule has 130 valence electrons. The molecule has 2 aromatic rings. The molecule has 0 fully saturated rings. The molecule has 0 spiro atoms. The number of fused-ring (bicyclic) bond motifs is 1. The van der Waals surface area contributed by atoms with E-state index < -0.39 is 18.0 Å². The first-order valence-corrected chi connectivity index (χ1v) is 8.50. The standard InChI is InChI=1S/C17H16N2O5S/c1-2-23-15(20)11-8-18-17(22)19-12(11)9-24-16(21)14-7-10-5-3-4-6-13(10)25-14/h3-7H,2,8-9H2,1H3,(H2,18,19,22). The van der Waals surface area contributed by atoms with Gasteiger partial charge in [-0.15, -0.1) is 11.3 Å². The first kappa shape index (κ1) is 17.0. The maximum atomic E-state index is 12.3. The molecule has 25 heavy (non-hydrogen) atoms. The number of thiophene rings is 1. The van der Waals surface area contributed by atoms with Gasteiger partial charge in [0.15, 0.2) is 0 Å². The minimum absolute atomic E-state index is 0.0282. The normalized spacial score (nSPS) is 14.0. The van der Waals surface area contributed by atoms with Crippen LogP contribution >= 0.6 is 11.3 Å². The summed E-state index contributed by atoms with van der Waals surface area (Å²) in [5, 5.41) is 5.94. The number of carbonyl (C=O) groups excluding carboxylic acids is 3. The molecule has 3 rings (SSSR count). The first-order chi connectivity index (χ1) is 12.1. The lowest BCUT2D eigenvalue weighted by Gasteiger charge is -2.20. The Bertz CT molecular complexity index is 838. The predicted molar refractivity (Wildman–Crippen MR) is 92.3 cm³/mol. The van der Waals surface area contributed by atoms with Crippen LogP contribution in [-0.4, -0.2) is 37.7 Å². The van der Waals surface area contributed by atoms with E-state index in [4.69, 9.17) is 9.47 Å². The fourth-order valence-electron chi connectivity index (χ4n) is 2.36. The average Bonchev–Trinajstić information content (AvgIpc) is 3.04. The van der Waals surface area contributed by atoms with Gasteiger partial charge in [0.2, 0.25) is 0 Å². The summed E-state index contributed by atoms with van der Waals surface area (Å²) in [5.41, 5.74) is 0.474. The third kappa shape index (κ3) is 3.80. The smallest absolute Gasteiger partial charge is 0.348 e. The fourth-order valence-corrected chi connectivity index (χ4v) is 3.32. The molecule has 0 saturated carbocycles. The van der Waals surface area contributed by atoms with Crippen molar-refractivity contribution in [3.63, 3.8) is 0 Å². The van der Waals surface area contributed by atoms with E-state index in [1.807, 2.05) is 24.3 Å². The van der Waals surface area contributed by atoms with E-state index in [1.165, 1.54) is 11.3 Å². The van der Waals surface area contributed by atoms with Gasteiger partial charge < -0.3 is 20.1 Å². The van der Waals surface area contributed by atoms with Crippen molar-refractivity contribution in [2.24, 2.45) is 0 Å². The van der Waals surface area contributed by atoms with Gasteiger partial charge in [0.1, 0.15) is 11.5 Å². The Kier molecular flexibility index (Phi) is 4.99. The van der Waals surface area contributed by atoms with Crippen LogP contribution in [0.5, 0.6) is 0 Å². The molecule has 0 radical (unpaired) electrons. The summed E-state index contributed by atoms with van der Waals surface area (Å²) < 4.78 is 11.2. The zero-order chi connectivity index (χ0) is 17.8. The molecule has 0 bridgehead atoms. The van der Waals surface area contributed by atoms with Gasteiger partial charge in [-0.25, -0.2) is 14.4 Å². The van der Waals surface area contributed by atoms with Gasteiger partial charge in [-0.05, 0) is 24.4 Å². The van der Waals surface area contributed by atoms with Crippen molar-refractivity contribution in [3.8, 4) is 0 Å². The summed E-state index contributed by atoms with van der Waals surface area (Å²) in [6, 6.07) is 8.92. The molecule has 0 atom stereocenters. The van der Waals surface area contributed by atoms with E-state index in [1.54, 1.807) is 13.0 Å². The molecule has 2 amide bonds. The highest BCUT2D eigenvalue weighted by molar-refractivity contribution is 7.20. The largest absolute Gasteiger partial charge is 0.463 e. The lowest BCUT2D eigenvalue weighted by atomic mass is 10.2. The van der Waals surface area contributed by atoms with Crippen molar-refractivity contribution < 1.29 is 23.9 Å². The van der Waals surface area contributed by atoms with E-state index in [-0.39, 0.29) is 31.0 Å². The summed E-state index contributed by atoms with van der Waals surface area (Å²) in [7, 11) is 0. The summed E-state index contributed by atoms with van der Waals surface area (Å²) in [6.45, 7) is 1.72. The minimum Gasteiger partial charge on any atom is -0.463 e. The summed E-state index contributed by atoms with van der Waals surface area (Å²) in [5.74, 6) is -1.06. The number of amides is 2. The Hall–Kier alpha value is -2.87. The van der Waals surface area contributed by atoms with Gasteiger partial charge in [-0.3, -0.25) is 0 Å². The Morgan fingerprint density at radius 2 is 2.00 bits per heavy atom. The third-order valence-electron chi connectivity index (χ3n) is 3.55. The molecule has 2 N–H and O–H groups in total. The Morgan fingerprint density at radius 1 is 1.20 bits per heavy atom. The fraction of sp³-hybridized carbons (Fsp3) is 0.235. The second-order valence-electron chi connectivity index (χ2n) is 5.21. The van der Waals surface area contributed by atoms with Crippen molar-refractivity contribution in [2.75, 3.05) is 19.8 Å². The maximum absolute atomic E-state index is 12.3. The van der Waals surface area contributed by atoms with Crippen LogP contribution < -0.4 is 10.6 Å². The van der Waals surface area contributed by atoms with E-state index >= 15 is 0 Å². The summed E-state index contributed by atoms with van der Waals surface area (Å²) in [4.78, 5) is 36.1. The highest BCUT2D eigenvalue weighted by Crippen LogP contribution is 2.26. The van der Waals surface area contributed by atoms with Crippen LogP contribution in [0.4, 0.5) is 4.79 Å². The lowest BCUT2D eigenvalue weighted by molar-refractivity contribution is -0.138. The zero-order valence-electron chi connectivity index (χ0n) is 13.5. The molecule has 1 aromatic carbocycles. The number of nitrogens with one attached hydrogen (secondary N) is 2. The maximum Gasteiger partial charge on any atom is 0.348 e. The van der Waals surface area contributed by atoms with Crippen molar-refractivity contribution in [2.45, 2.75) is 6.92 Å². The Labute approximate surface area is 147 Å². The van der Waals surface area contributed by atoms with Crippen molar-refractivity contribution in [3.05, 3.63) is 46.5 Å². The zero-order valence-corrected chi connectivity index (χ0v) is 14.3. The molecule has 8 heteroatoms. The van der Waals surface area contributed by atoms with Crippen molar-refractivity contribution in [1.29, 1.82) is 0 Å². The van der Waals surface area contributed by atoms with Crippen molar-refractivity contribution >= 4 is 39.4 Å². The van der Waals surface area contributed by atoms with Gasteiger partial charge in [0.25, 0.3) is 0 Å². The average molecular weight is 360 g/mol. The second kappa shape index (κ2) is 7.35. The highest BCUT2D eigenvalue weighted by atomic mass is 32.1. The number of carbonyl (C=O) groups is 3. The van der Waals surface area contributed by atoms with Crippen LogP contribution in [0, 0.1) is 0 Å². The van der Waals surface area contributed by atoms with E-state index in [0.717, 1.165) is 10.1 Å². The molecule has 1 aliphatic rings. The van der Waals surface area contributed by atoms with Crippen molar-refractivity contribution in [1.82, 2.24) is 10.6 Å². The third-order valence-corrected chi connectivity index (χ3v) is 4.65. The summed E-state index contributed by atoms with van der Waals surface area (Å²) >= 11 is 1.33. The minimum atomic E-state index is -0.553. The molecule has 0 saturated heterocycles. The molecule has 7 nitrogen and oxygen atoms in total.